The third kappa shape index (κ3) is 15.0. The lowest BCUT2D eigenvalue weighted by molar-refractivity contribution is -0.151. The monoisotopic (exact) mass is 580 g/mol. The summed E-state index contributed by atoms with van der Waals surface area (Å²) in [5.41, 5.74) is 1.59. The summed E-state index contributed by atoms with van der Waals surface area (Å²) in [7, 11) is 1.42. The van der Waals surface area contributed by atoms with Crippen molar-refractivity contribution in [2.24, 2.45) is 5.92 Å². The molecule has 0 aliphatic carbocycles. The Hall–Kier alpha value is -2.66. The SMILES string of the molecule is CCCCCCCCCCCC(CC(OC(=O)c1ccccc1)C(CCCCCC)C(=O)OC)OCc1ccccc1. The van der Waals surface area contributed by atoms with Crippen molar-refractivity contribution in [2.75, 3.05) is 7.11 Å². The summed E-state index contributed by atoms with van der Waals surface area (Å²) in [5.74, 6) is -1.25. The smallest absolute Gasteiger partial charge is 0.338 e. The lowest BCUT2D eigenvalue weighted by Crippen LogP contribution is -2.37. The first kappa shape index (κ1) is 35.5. The first-order valence-corrected chi connectivity index (χ1v) is 16.6. The fourth-order valence-corrected chi connectivity index (χ4v) is 5.47. The predicted octanol–water partition coefficient (Wildman–Crippen LogP) is 9.87. The van der Waals surface area contributed by atoms with Gasteiger partial charge in [-0.15, -0.1) is 0 Å². The molecule has 0 heterocycles. The minimum Gasteiger partial charge on any atom is -0.469 e. The van der Waals surface area contributed by atoms with Crippen LogP contribution in [0.15, 0.2) is 60.7 Å². The van der Waals surface area contributed by atoms with Gasteiger partial charge in [0.05, 0.1) is 31.3 Å². The van der Waals surface area contributed by atoms with E-state index < -0.39 is 18.0 Å². The van der Waals surface area contributed by atoms with Gasteiger partial charge in [-0.1, -0.05) is 146 Å². The Morgan fingerprint density at radius 2 is 1.19 bits per heavy atom. The number of esters is 2. The van der Waals surface area contributed by atoms with Crippen LogP contribution in [0.3, 0.4) is 0 Å². The Morgan fingerprint density at radius 3 is 1.79 bits per heavy atom. The molecule has 0 saturated carbocycles. The van der Waals surface area contributed by atoms with Gasteiger partial charge >= 0.3 is 11.9 Å². The van der Waals surface area contributed by atoms with Gasteiger partial charge in [0.25, 0.3) is 0 Å². The highest BCUT2D eigenvalue weighted by Gasteiger charge is 2.34. The number of unbranched alkanes of at least 4 members (excludes halogenated alkanes) is 11. The van der Waals surface area contributed by atoms with Gasteiger partial charge in [0.15, 0.2) is 0 Å². The molecule has 0 saturated heterocycles. The Labute approximate surface area is 255 Å². The van der Waals surface area contributed by atoms with Crippen LogP contribution in [0.4, 0.5) is 0 Å². The van der Waals surface area contributed by atoms with Crippen molar-refractivity contribution in [1.82, 2.24) is 0 Å². The molecule has 2 rings (SSSR count). The van der Waals surface area contributed by atoms with Gasteiger partial charge < -0.3 is 14.2 Å². The van der Waals surface area contributed by atoms with Crippen molar-refractivity contribution in [1.29, 1.82) is 0 Å². The Morgan fingerprint density at radius 1 is 0.667 bits per heavy atom. The van der Waals surface area contributed by atoms with Crippen LogP contribution in [0.1, 0.15) is 133 Å². The minimum absolute atomic E-state index is 0.133. The average molecular weight is 581 g/mol. The standard InChI is InChI=1S/C37H56O5/c1-4-6-8-10-11-12-13-14-21-27-33(41-30-31-23-17-15-18-24-31)29-35(42-36(38)32-25-19-16-20-26-32)34(37(39)40-3)28-22-9-7-5-2/h15-20,23-26,33-35H,4-14,21-22,27-30H2,1-3H3. The van der Waals surface area contributed by atoms with E-state index in [1.807, 2.05) is 36.4 Å². The fourth-order valence-electron chi connectivity index (χ4n) is 5.47. The largest absolute Gasteiger partial charge is 0.469 e. The van der Waals surface area contributed by atoms with Crippen LogP contribution >= 0.6 is 0 Å². The first-order valence-electron chi connectivity index (χ1n) is 16.6. The average Bonchev–Trinajstić information content (AvgIpc) is 3.03. The van der Waals surface area contributed by atoms with E-state index in [2.05, 4.69) is 26.0 Å². The van der Waals surface area contributed by atoms with Gasteiger partial charge in [0, 0.05) is 6.42 Å². The summed E-state index contributed by atoms with van der Waals surface area (Å²) in [5, 5.41) is 0. The second-order valence-corrected chi connectivity index (χ2v) is 11.6. The molecule has 0 radical (unpaired) electrons. The van der Waals surface area contributed by atoms with E-state index in [1.54, 1.807) is 12.1 Å². The van der Waals surface area contributed by atoms with Crippen LogP contribution < -0.4 is 0 Å². The van der Waals surface area contributed by atoms with Gasteiger partial charge in [-0.25, -0.2) is 4.79 Å². The lowest BCUT2D eigenvalue weighted by Gasteiger charge is -2.29. The van der Waals surface area contributed by atoms with Crippen LogP contribution in [0.25, 0.3) is 0 Å². The highest BCUT2D eigenvalue weighted by atomic mass is 16.6. The predicted molar refractivity (Wildman–Crippen MR) is 171 cm³/mol. The van der Waals surface area contributed by atoms with Gasteiger partial charge in [0.2, 0.25) is 0 Å². The topological polar surface area (TPSA) is 61.8 Å². The zero-order valence-corrected chi connectivity index (χ0v) is 26.6. The molecule has 2 aromatic rings. The molecule has 3 atom stereocenters. The molecule has 0 aliphatic rings. The highest BCUT2D eigenvalue weighted by Crippen LogP contribution is 2.27. The number of hydrogen-bond acceptors (Lipinski definition) is 5. The van der Waals surface area contributed by atoms with Gasteiger partial charge in [-0.3, -0.25) is 4.79 Å². The van der Waals surface area contributed by atoms with E-state index in [9.17, 15) is 9.59 Å². The lowest BCUT2D eigenvalue weighted by atomic mass is 9.90. The summed E-state index contributed by atoms with van der Waals surface area (Å²) in [6, 6.07) is 19.2. The van der Waals surface area contributed by atoms with Crippen molar-refractivity contribution >= 4 is 11.9 Å². The zero-order valence-electron chi connectivity index (χ0n) is 26.6. The van der Waals surface area contributed by atoms with Crippen molar-refractivity contribution in [3.63, 3.8) is 0 Å². The van der Waals surface area contributed by atoms with Crippen LogP contribution in [0.2, 0.25) is 0 Å². The Balaban J connectivity index is 2.13. The second kappa shape index (κ2) is 22.9. The van der Waals surface area contributed by atoms with Gasteiger partial charge in [-0.2, -0.15) is 0 Å². The van der Waals surface area contributed by atoms with E-state index in [-0.39, 0.29) is 12.1 Å². The molecule has 234 valence electrons. The van der Waals surface area contributed by atoms with Crippen molar-refractivity contribution < 1.29 is 23.8 Å². The van der Waals surface area contributed by atoms with Crippen molar-refractivity contribution in [3.05, 3.63) is 71.8 Å². The fraction of sp³-hybridized carbons (Fsp3) is 0.622. The maximum absolute atomic E-state index is 13.2. The van der Waals surface area contributed by atoms with E-state index in [0.29, 0.717) is 25.0 Å². The van der Waals surface area contributed by atoms with Gasteiger partial charge in [0.1, 0.15) is 6.10 Å². The molecule has 0 bridgehead atoms. The molecule has 0 N–H and O–H groups in total. The van der Waals surface area contributed by atoms with Crippen LogP contribution in [-0.2, 0) is 25.6 Å². The van der Waals surface area contributed by atoms with E-state index in [4.69, 9.17) is 14.2 Å². The number of carbonyl (C=O) groups is 2. The van der Waals surface area contributed by atoms with Crippen LogP contribution in [0, 0.1) is 5.92 Å². The normalized spacial score (nSPS) is 13.3. The number of rotatable bonds is 24. The number of carbonyl (C=O) groups excluding carboxylic acids is 2. The molecule has 42 heavy (non-hydrogen) atoms. The maximum atomic E-state index is 13.2. The van der Waals surface area contributed by atoms with E-state index in [1.165, 1.54) is 52.1 Å². The second-order valence-electron chi connectivity index (χ2n) is 11.6. The molecule has 0 fully saturated rings. The van der Waals surface area contributed by atoms with Crippen LogP contribution in [-0.4, -0.2) is 31.3 Å². The third-order valence-corrected chi connectivity index (χ3v) is 8.04. The minimum atomic E-state index is -0.619. The number of hydrogen-bond donors (Lipinski definition) is 0. The zero-order chi connectivity index (χ0) is 30.3. The van der Waals surface area contributed by atoms with Crippen LogP contribution in [0.5, 0.6) is 0 Å². The molecule has 0 amide bonds. The molecule has 0 aliphatic heterocycles. The summed E-state index contributed by atoms with van der Waals surface area (Å²) in [6.45, 7) is 4.91. The number of methoxy groups -OCH3 is 1. The Kier molecular flexibility index (Phi) is 19.4. The molecular weight excluding hydrogens is 524 g/mol. The molecule has 5 heteroatoms. The van der Waals surface area contributed by atoms with Crippen molar-refractivity contribution in [2.45, 2.75) is 135 Å². The maximum Gasteiger partial charge on any atom is 0.338 e. The van der Waals surface area contributed by atoms with Crippen molar-refractivity contribution in [3.8, 4) is 0 Å². The molecule has 0 aromatic heterocycles. The molecule has 3 unspecified atom stereocenters. The summed E-state index contributed by atoms with van der Waals surface area (Å²) >= 11 is 0. The molecule has 5 nitrogen and oxygen atoms in total. The number of benzene rings is 2. The molecule has 2 aromatic carbocycles. The van der Waals surface area contributed by atoms with E-state index >= 15 is 0 Å². The third-order valence-electron chi connectivity index (χ3n) is 8.04. The van der Waals surface area contributed by atoms with Gasteiger partial charge in [-0.05, 0) is 30.5 Å². The van der Waals surface area contributed by atoms with E-state index in [0.717, 1.165) is 50.5 Å². The quantitative estimate of drug-likeness (QED) is 0.0913. The first-order chi connectivity index (χ1) is 20.6. The number of ether oxygens (including phenoxy) is 3. The summed E-state index contributed by atoms with van der Waals surface area (Å²) in [4.78, 5) is 26.3. The summed E-state index contributed by atoms with van der Waals surface area (Å²) < 4.78 is 17.9. The Bertz CT molecular complexity index is 945. The highest BCUT2D eigenvalue weighted by molar-refractivity contribution is 5.89. The molecule has 0 spiro atoms. The summed E-state index contributed by atoms with van der Waals surface area (Å²) in [6.07, 6.45) is 16.7. The molecular formula is C37H56O5.